The van der Waals surface area contributed by atoms with E-state index in [2.05, 4.69) is 26.0 Å². The van der Waals surface area contributed by atoms with Gasteiger partial charge in [0.2, 0.25) is 4.80 Å². The van der Waals surface area contributed by atoms with Crippen molar-refractivity contribution >= 4 is 33.5 Å². The fourth-order valence-electron chi connectivity index (χ4n) is 2.46. The van der Waals surface area contributed by atoms with Gasteiger partial charge >= 0.3 is 0 Å². The Balaban J connectivity index is 2.11. The van der Waals surface area contributed by atoms with Gasteiger partial charge in [0, 0.05) is 34.1 Å². The fourth-order valence-corrected chi connectivity index (χ4v) is 3.64. The first-order valence-electron chi connectivity index (χ1n) is 7.82. The van der Waals surface area contributed by atoms with Crippen LogP contribution in [0.15, 0.2) is 62.4 Å². The average molecular weight is 432 g/mol. The van der Waals surface area contributed by atoms with Crippen molar-refractivity contribution in [3.05, 3.63) is 62.7 Å². The Kier molecular flexibility index (Phi) is 5.90. The summed E-state index contributed by atoms with van der Waals surface area (Å²) in [5.41, 5.74) is 2.81. The number of nitrogens with zero attached hydrogens (tertiary/aromatic N) is 3. The van der Waals surface area contributed by atoms with Gasteiger partial charge in [0.05, 0.1) is 26.1 Å². The van der Waals surface area contributed by atoms with Crippen molar-refractivity contribution in [2.45, 2.75) is 0 Å². The topological polar surface area (TPSA) is 48.1 Å². The lowest BCUT2D eigenvalue weighted by atomic mass is 10.1. The Morgan fingerprint density at radius 2 is 1.92 bits per heavy atom. The lowest BCUT2D eigenvalue weighted by molar-refractivity contribution is 0.395. The molecule has 26 heavy (non-hydrogen) atoms. The Morgan fingerprint density at radius 3 is 2.62 bits per heavy atom. The Labute approximate surface area is 164 Å². The summed E-state index contributed by atoms with van der Waals surface area (Å²) in [4.78, 5) is 5.12. The van der Waals surface area contributed by atoms with E-state index in [1.807, 2.05) is 58.7 Å². The van der Waals surface area contributed by atoms with Gasteiger partial charge in [0.15, 0.2) is 0 Å². The van der Waals surface area contributed by atoms with Gasteiger partial charge in [-0.15, -0.1) is 11.3 Å². The van der Waals surface area contributed by atoms with E-state index in [0.29, 0.717) is 0 Å². The minimum absolute atomic E-state index is 0.717. The second-order valence-electron chi connectivity index (χ2n) is 5.27. The van der Waals surface area contributed by atoms with E-state index in [1.54, 1.807) is 21.3 Å². The average Bonchev–Trinajstić information content (AvgIpc) is 3.09. The predicted octanol–water partition coefficient (Wildman–Crippen LogP) is 4.41. The van der Waals surface area contributed by atoms with Crippen LogP contribution in [0.2, 0.25) is 0 Å². The van der Waals surface area contributed by atoms with Crippen LogP contribution in [0.4, 0.5) is 0 Å². The number of hydrogen-bond acceptors (Lipinski definition) is 5. The highest BCUT2D eigenvalue weighted by molar-refractivity contribution is 9.10. The number of halogens is 1. The molecule has 0 atom stereocenters. The number of aromatic nitrogens is 1. The standard InChI is InChI=1S/C19H18BrN3O2S/c1-21-19-23(22-11-13-6-4-5-7-16(13)20)17(12-26-19)15-9-8-14(24-2)10-18(15)25-3/h4-12H,1-3H3. The van der Waals surface area contributed by atoms with Crippen molar-refractivity contribution in [2.24, 2.45) is 10.1 Å². The summed E-state index contributed by atoms with van der Waals surface area (Å²) in [6, 6.07) is 13.7. The monoisotopic (exact) mass is 431 g/mol. The van der Waals surface area contributed by atoms with E-state index >= 15 is 0 Å². The van der Waals surface area contributed by atoms with Crippen LogP contribution >= 0.6 is 27.3 Å². The van der Waals surface area contributed by atoms with Crippen molar-refractivity contribution in [3.8, 4) is 22.8 Å². The number of benzene rings is 2. The third-order valence-corrected chi connectivity index (χ3v) is 5.41. The maximum absolute atomic E-state index is 5.54. The summed E-state index contributed by atoms with van der Waals surface area (Å²) in [5, 5.41) is 6.67. The minimum atomic E-state index is 0.717. The Bertz CT molecular complexity index is 1010. The van der Waals surface area contributed by atoms with E-state index in [0.717, 1.165) is 37.6 Å². The molecule has 0 N–H and O–H groups in total. The van der Waals surface area contributed by atoms with Gasteiger partial charge < -0.3 is 9.47 Å². The third-order valence-electron chi connectivity index (χ3n) is 3.78. The van der Waals surface area contributed by atoms with Crippen LogP contribution < -0.4 is 14.3 Å². The van der Waals surface area contributed by atoms with Crippen molar-refractivity contribution in [2.75, 3.05) is 21.3 Å². The molecule has 5 nitrogen and oxygen atoms in total. The lowest BCUT2D eigenvalue weighted by Crippen LogP contribution is -2.11. The van der Waals surface area contributed by atoms with Crippen LogP contribution in [-0.2, 0) is 0 Å². The Morgan fingerprint density at radius 1 is 1.12 bits per heavy atom. The highest BCUT2D eigenvalue weighted by atomic mass is 79.9. The van der Waals surface area contributed by atoms with Gasteiger partial charge in [-0.1, -0.05) is 34.1 Å². The molecule has 0 saturated carbocycles. The van der Waals surface area contributed by atoms with Crippen molar-refractivity contribution < 1.29 is 9.47 Å². The molecule has 0 aliphatic rings. The van der Waals surface area contributed by atoms with Gasteiger partial charge in [0.25, 0.3) is 0 Å². The van der Waals surface area contributed by atoms with E-state index in [4.69, 9.17) is 9.47 Å². The quantitative estimate of drug-likeness (QED) is 0.561. The van der Waals surface area contributed by atoms with E-state index in [9.17, 15) is 0 Å². The van der Waals surface area contributed by atoms with Gasteiger partial charge in [-0.25, -0.2) is 4.68 Å². The molecule has 3 aromatic rings. The molecular formula is C19H18BrN3O2S. The Hall–Kier alpha value is -2.38. The largest absolute Gasteiger partial charge is 0.497 e. The summed E-state index contributed by atoms with van der Waals surface area (Å²) in [5.74, 6) is 1.46. The van der Waals surface area contributed by atoms with Gasteiger partial charge in [-0.2, -0.15) is 5.10 Å². The molecule has 3 rings (SSSR count). The molecule has 0 aliphatic heterocycles. The second kappa shape index (κ2) is 8.33. The summed E-state index contributed by atoms with van der Waals surface area (Å²) in [7, 11) is 5.03. The van der Waals surface area contributed by atoms with Crippen LogP contribution in [0, 0.1) is 0 Å². The van der Waals surface area contributed by atoms with E-state index in [1.165, 1.54) is 11.3 Å². The first kappa shape index (κ1) is 18.4. The molecule has 0 aliphatic carbocycles. The van der Waals surface area contributed by atoms with Crippen molar-refractivity contribution in [1.29, 1.82) is 0 Å². The van der Waals surface area contributed by atoms with Crippen molar-refractivity contribution in [1.82, 2.24) is 4.68 Å². The number of methoxy groups -OCH3 is 2. The highest BCUT2D eigenvalue weighted by Gasteiger charge is 2.13. The maximum atomic E-state index is 5.54. The molecule has 0 unspecified atom stereocenters. The van der Waals surface area contributed by atoms with Crippen LogP contribution in [0.5, 0.6) is 11.5 Å². The first-order valence-corrected chi connectivity index (χ1v) is 9.50. The summed E-state index contributed by atoms with van der Waals surface area (Å²) >= 11 is 5.07. The zero-order valence-corrected chi connectivity index (χ0v) is 17.0. The molecule has 1 heterocycles. The molecule has 134 valence electrons. The molecule has 0 fully saturated rings. The molecule has 0 amide bonds. The molecule has 1 aromatic heterocycles. The number of thiazole rings is 1. The molecular weight excluding hydrogens is 414 g/mol. The molecule has 0 saturated heterocycles. The van der Waals surface area contributed by atoms with Crippen molar-refractivity contribution in [3.63, 3.8) is 0 Å². The molecule has 0 bridgehead atoms. The summed E-state index contributed by atoms with van der Waals surface area (Å²) in [6.07, 6.45) is 1.81. The first-order chi connectivity index (χ1) is 12.7. The SMILES string of the molecule is CN=c1scc(-c2ccc(OC)cc2OC)n1N=Cc1ccccc1Br. The smallest absolute Gasteiger partial charge is 0.205 e. The van der Waals surface area contributed by atoms with E-state index < -0.39 is 0 Å². The van der Waals surface area contributed by atoms with E-state index in [-0.39, 0.29) is 0 Å². The normalized spacial score (nSPS) is 11.9. The zero-order chi connectivity index (χ0) is 18.5. The van der Waals surface area contributed by atoms with Crippen LogP contribution in [0.25, 0.3) is 11.3 Å². The zero-order valence-electron chi connectivity index (χ0n) is 14.6. The lowest BCUT2D eigenvalue weighted by Gasteiger charge is -2.10. The second-order valence-corrected chi connectivity index (χ2v) is 6.96. The van der Waals surface area contributed by atoms with Crippen LogP contribution in [0.1, 0.15) is 5.56 Å². The fraction of sp³-hybridized carbons (Fsp3) is 0.158. The summed E-state index contributed by atoms with van der Waals surface area (Å²) in [6.45, 7) is 0. The number of hydrogen-bond donors (Lipinski definition) is 0. The molecule has 2 aromatic carbocycles. The van der Waals surface area contributed by atoms with Gasteiger partial charge in [-0.05, 0) is 18.2 Å². The number of ether oxygens (including phenoxy) is 2. The molecule has 0 spiro atoms. The third kappa shape index (κ3) is 3.73. The van der Waals surface area contributed by atoms with Gasteiger partial charge in [0.1, 0.15) is 11.5 Å². The minimum Gasteiger partial charge on any atom is -0.497 e. The summed E-state index contributed by atoms with van der Waals surface area (Å²) < 4.78 is 13.6. The molecule has 7 heteroatoms. The van der Waals surface area contributed by atoms with Gasteiger partial charge in [-0.3, -0.25) is 4.99 Å². The van der Waals surface area contributed by atoms with Crippen LogP contribution in [-0.4, -0.2) is 32.2 Å². The molecule has 0 radical (unpaired) electrons. The highest BCUT2D eigenvalue weighted by Crippen LogP contribution is 2.33. The maximum Gasteiger partial charge on any atom is 0.205 e. The number of rotatable bonds is 5. The predicted molar refractivity (Wildman–Crippen MR) is 109 cm³/mol. The van der Waals surface area contributed by atoms with Crippen LogP contribution in [0.3, 0.4) is 0 Å².